The number of nitriles is 1. The molecule has 8 nitrogen and oxygen atoms in total. The van der Waals surface area contributed by atoms with Crippen LogP contribution in [-0.2, 0) is 17.8 Å². The average molecular weight is 522 g/mol. The zero-order chi connectivity index (χ0) is 26.9. The molecule has 0 aliphatic carbocycles. The summed E-state index contributed by atoms with van der Waals surface area (Å²) in [7, 11) is 1.68. The van der Waals surface area contributed by atoms with Crippen molar-refractivity contribution in [3.63, 3.8) is 0 Å². The lowest BCUT2D eigenvalue weighted by molar-refractivity contribution is -0.139. The third-order valence-electron chi connectivity index (χ3n) is 7.98. The summed E-state index contributed by atoms with van der Waals surface area (Å²) < 4.78 is 5.73. The van der Waals surface area contributed by atoms with Gasteiger partial charge in [-0.25, -0.2) is 0 Å². The van der Waals surface area contributed by atoms with Crippen LogP contribution in [0, 0.1) is 11.3 Å². The Hall–Kier alpha value is -4.32. The van der Waals surface area contributed by atoms with E-state index in [9.17, 15) is 15.2 Å². The third-order valence-corrected chi connectivity index (χ3v) is 7.98. The third kappa shape index (κ3) is 4.71. The number of aromatic amines is 1. The lowest BCUT2D eigenvalue weighted by Gasteiger charge is -2.36. The summed E-state index contributed by atoms with van der Waals surface area (Å²) in [5.74, 6) is -0.0287. The molecular formula is C31H31N5O3. The topological polar surface area (TPSA) is 105 Å². The van der Waals surface area contributed by atoms with Gasteiger partial charge >= 0.3 is 5.97 Å². The number of nitrogens with one attached hydrogen (secondary N) is 2. The van der Waals surface area contributed by atoms with Gasteiger partial charge in [0.1, 0.15) is 17.9 Å². The van der Waals surface area contributed by atoms with Crippen LogP contribution in [0.1, 0.15) is 34.0 Å². The molecule has 2 aliphatic rings. The number of methoxy groups -OCH3 is 1. The lowest BCUT2D eigenvalue weighted by Crippen LogP contribution is -2.46. The first-order valence-corrected chi connectivity index (χ1v) is 13.3. The molecule has 39 heavy (non-hydrogen) atoms. The first-order chi connectivity index (χ1) is 19.1. The summed E-state index contributed by atoms with van der Waals surface area (Å²) in [5, 5.41) is 23.9. The number of hydrogen-bond acceptors (Lipinski definition) is 6. The minimum Gasteiger partial charge on any atom is -0.496 e. The van der Waals surface area contributed by atoms with Crippen LogP contribution in [-0.4, -0.2) is 60.3 Å². The molecule has 4 aromatic rings. The predicted molar refractivity (Wildman–Crippen MR) is 150 cm³/mol. The molecular weight excluding hydrogens is 490 g/mol. The summed E-state index contributed by atoms with van der Waals surface area (Å²) in [5.41, 5.74) is 6.87. The van der Waals surface area contributed by atoms with E-state index in [1.165, 1.54) is 0 Å². The number of rotatable bonds is 6. The number of carbonyl (C=O) groups is 1. The van der Waals surface area contributed by atoms with Crippen LogP contribution in [0.15, 0.2) is 66.7 Å². The molecule has 1 saturated heterocycles. The van der Waals surface area contributed by atoms with Gasteiger partial charge in [-0.3, -0.25) is 15.0 Å². The average Bonchev–Trinajstić information content (AvgIpc) is 3.36. The van der Waals surface area contributed by atoms with Crippen molar-refractivity contribution < 1.29 is 14.6 Å². The molecule has 3 N–H and O–H groups in total. The minimum atomic E-state index is -0.847. The number of carboxylic acid groups (broad SMARTS) is 1. The highest BCUT2D eigenvalue weighted by molar-refractivity contribution is 5.87. The fourth-order valence-corrected chi connectivity index (χ4v) is 5.99. The number of H-pyrrole nitrogens is 1. The Morgan fingerprint density at radius 3 is 2.62 bits per heavy atom. The van der Waals surface area contributed by atoms with Crippen LogP contribution >= 0.6 is 0 Å². The van der Waals surface area contributed by atoms with Gasteiger partial charge in [0.2, 0.25) is 0 Å². The van der Waals surface area contributed by atoms with Gasteiger partial charge in [-0.1, -0.05) is 36.4 Å². The van der Waals surface area contributed by atoms with Crippen molar-refractivity contribution in [2.24, 2.45) is 0 Å². The van der Waals surface area contributed by atoms with Gasteiger partial charge in [0.15, 0.2) is 0 Å². The molecule has 2 unspecified atom stereocenters. The maximum absolute atomic E-state index is 12.1. The Morgan fingerprint density at radius 1 is 1.08 bits per heavy atom. The van der Waals surface area contributed by atoms with Gasteiger partial charge in [-0.15, -0.1) is 0 Å². The van der Waals surface area contributed by atoms with Crippen molar-refractivity contribution in [1.29, 1.82) is 5.26 Å². The monoisotopic (exact) mass is 521 g/mol. The standard InChI is InChI=1S/C31H31N5O3/c1-39-28-11-10-20(29-30-24(17-26(34-29)31(37)38)23-7-3-4-8-25(23)33-30)16-22(28)19-35-12-14-36(15-13-35)27-9-5-2-6-21(27)18-32/h2-11,16,26,29,33-34H,12-15,17,19H2,1H3,(H,37,38). The number of piperazine rings is 1. The van der Waals surface area contributed by atoms with E-state index >= 15 is 0 Å². The molecule has 1 fully saturated rings. The van der Waals surface area contributed by atoms with Crippen LogP contribution in [0.2, 0.25) is 0 Å². The van der Waals surface area contributed by atoms with Gasteiger partial charge in [-0.05, 0) is 41.5 Å². The van der Waals surface area contributed by atoms with Gasteiger partial charge in [0.25, 0.3) is 0 Å². The molecule has 1 aromatic heterocycles. The number of aliphatic carboxylic acids is 1. The molecule has 3 aromatic carbocycles. The predicted octanol–water partition coefficient (Wildman–Crippen LogP) is 4.06. The fraction of sp³-hybridized carbons (Fsp3) is 0.290. The number of anilines is 1. The first kappa shape index (κ1) is 25.0. The second-order valence-electron chi connectivity index (χ2n) is 10.2. The maximum Gasteiger partial charge on any atom is 0.321 e. The summed E-state index contributed by atoms with van der Waals surface area (Å²) in [4.78, 5) is 20.3. The van der Waals surface area contributed by atoms with Crippen molar-refractivity contribution >= 4 is 22.6 Å². The fourth-order valence-electron chi connectivity index (χ4n) is 5.99. The number of aromatic nitrogens is 1. The normalized spacial score (nSPS) is 19.4. The largest absolute Gasteiger partial charge is 0.496 e. The molecule has 0 amide bonds. The summed E-state index contributed by atoms with van der Waals surface area (Å²) in [6.45, 7) is 4.12. The zero-order valence-corrected chi connectivity index (χ0v) is 21.9. The van der Waals surface area contributed by atoms with E-state index in [0.717, 1.165) is 77.4 Å². The summed E-state index contributed by atoms with van der Waals surface area (Å²) in [6, 6.07) is 23.4. The van der Waals surface area contributed by atoms with Crippen LogP contribution in [0.25, 0.3) is 10.9 Å². The van der Waals surface area contributed by atoms with Crippen LogP contribution in [0.5, 0.6) is 5.75 Å². The van der Waals surface area contributed by atoms with Crippen LogP contribution < -0.4 is 15.0 Å². The highest BCUT2D eigenvalue weighted by atomic mass is 16.5. The highest BCUT2D eigenvalue weighted by Gasteiger charge is 2.34. The Labute approximate surface area is 227 Å². The van der Waals surface area contributed by atoms with Gasteiger partial charge < -0.3 is 19.7 Å². The SMILES string of the molecule is COc1ccc(C2NC(C(=O)O)Cc3c2[nH]c2ccccc32)cc1CN1CCN(c2ccccc2C#N)CC1. The molecule has 8 heteroatoms. The molecule has 6 rings (SSSR count). The first-order valence-electron chi connectivity index (χ1n) is 13.3. The smallest absolute Gasteiger partial charge is 0.321 e. The number of hydrogen-bond donors (Lipinski definition) is 3. The van der Waals surface area contributed by atoms with Crippen molar-refractivity contribution in [3.8, 4) is 11.8 Å². The quantitative estimate of drug-likeness (QED) is 0.352. The molecule has 2 aliphatic heterocycles. The molecule has 0 spiro atoms. The molecule has 2 atom stereocenters. The van der Waals surface area contributed by atoms with Crippen molar-refractivity contribution in [2.45, 2.75) is 25.0 Å². The second kappa shape index (κ2) is 10.4. The molecule has 0 radical (unpaired) electrons. The van der Waals surface area contributed by atoms with E-state index in [4.69, 9.17) is 4.74 Å². The number of carboxylic acids is 1. The molecule has 198 valence electrons. The Balaban J connectivity index is 1.26. The van der Waals surface area contributed by atoms with Crippen molar-refractivity contribution in [2.75, 3.05) is 38.2 Å². The van der Waals surface area contributed by atoms with E-state index < -0.39 is 12.0 Å². The van der Waals surface area contributed by atoms with Gasteiger partial charge in [-0.2, -0.15) is 5.26 Å². The van der Waals surface area contributed by atoms with Crippen molar-refractivity contribution in [3.05, 3.63) is 94.7 Å². The van der Waals surface area contributed by atoms with Gasteiger partial charge in [0.05, 0.1) is 24.4 Å². The lowest BCUT2D eigenvalue weighted by atomic mass is 9.89. The second-order valence-corrected chi connectivity index (χ2v) is 10.2. The Bertz CT molecular complexity index is 1560. The molecule has 0 bridgehead atoms. The Kier molecular flexibility index (Phi) is 6.69. The molecule has 3 heterocycles. The Morgan fingerprint density at radius 2 is 1.85 bits per heavy atom. The van der Waals surface area contributed by atoms with E-state index in [1.54, 1.807) is 7.11 Å². The summed E-state index contributed by atoms with van der Waals surface area (Å²) in [6.07, 6.45) is 0.438. The number of nitrogens with zero attached hydrogens (tertiary/aromatic N) is 3. The number of benzene rings is 3. The van der Waals surface area contributed by atoms with Gasteiger partial charge in [0, 0.05) is 61.3 Å². The molecule has 0 saturated carbocycles. The van der Waals surface area contributed by atoms with E-state index in [0.29, 0.717) is 12.0 Å². The van der Waals surface area contributed by atoms with Crippen LogP contribution in [0.4, 0.5) is 5.69 Å². The highest BCUT2D eigenvalue weighted by Crippen LogP contribution is 2.37. The number of ether oxygens (including phenoxy) is 1. The van der Waals surface area contributed by atoms with Crippen molar-refractivity contribution in [1.82, 2.24) is 15.2 Å². The van der Waals surface area contributed by atoms with E-state index in [-0.39, 0.29) is 6.04 Å². The van der Waals surface area contributed by atoms with E-state index in [2.05, 4.69) is 38.3 Å². The summed E-state index contributed by atoms with van der Waals surface area (Å²) >= 11 is 0. The number of para-hydroxylation sites is 2. The maximum atomic E-state index is 12.1. The van der Waals surface area contributed by atoms with Crippen LogP contribution in [0.3, 0.4) is 0 Å². The van der Waals surface area contributed by atoms with E-state index in [1.807, 2.05) is 54.6 Å². The number of fused-ring (bicyclic) bond motifs is 3. The zero-order valence-electron chi connectivity index (χ0n) is 21.9. The minimum absolute atomic E-state index is 0.272.